The summed E-state index contributed by atoms with van der Waals surface area (Å²) in [4.78, 5) is 2.66. The molecule has 1 N–H and O–H groups in total. The number of nitrogens with one attached hydrogen (secondary N) is 1. The Bertz CT molecular complexity index is 355. The summed E-state index contributed by atoms with van der Waals surface area (Å²) in [5.41, 5.74) is 0. The molecule has 0 aliphatic carbocycles. The number of ether oxygens (including phenoxy) is 3. The first-order valence-electron chi connectivity index (χ1n) is 7.65. The highest BCUT2D eigenvalue weighted by Crippen LogP contribution is 2.17. The van der Waals surface area contributed by atoms with Crippen molar-refractivity contribution in [2.45, 2.75) is 33.4 Å². The van der Waals surface area contributed by atoms with E-state index in [1.807, 2.05) is 11.3 Å². The fourth-order valence-electron chi connectivity index (χ4n) is 1.76. The van der Waals surface area contributed by atoms with Crippen molar-refractivity contribution < 1.29 is 14.2 Å². The molecule has 0 spiro atoms. The van der Waals surface area contributed by atoms with Gasteiger partial charge in [0.05, 0.1) is 19.8 Å². The van der Waals surface area contributed by atoms with Gasteiger partial charge in [0.2, 0.25) is 0 Å². The first kappa shape index (κ1) is 18.6. The van der Waals surface area contributed by atoms with Crippen LogP contribution in [0.3, 0.4) is 0 Å². The first-order chi connectivity index (χ1) is 10.2. The summed E-state index contributed by atoms with van der Waals surface area (Å²) in [6.07, 6.45) is 0.928. The van der Waals surface area contributed by atoms with Crippen LogP contribution >= 0.6 is 11.3 Å². The summed E-state index contributed by atoms with van der Waals surface area (Å²) < 4.78 is 16.0. The lowest BCUT2D eigenvalue weighted by molar-refractivity contribution is 0.0488. The van der Waals surface area contributed by atoms with Gasteiger partial charge in [0.15, 0.2) is 0 Å². The predicted molar refractivity (Wildman–Crippen MR) is 87.8 cm³/mol. The van der Waals surface area contributed by atoms with E-state index in [0.717, 1.165) is 32.7 Å². The van der Waals surface area contributed by atoms with E-state index in [0.29, 0.717) is 25.7 Å². The summed E-state index contributed by atoms with van der Waals surface area (Å²) in [6, 6.07) is 4.34. The molecule has 122 valence electrons. The van der Waals surface area contributed by atoms with Crippen LogP contribution in [0.5, 0.6) is 0 Å². The Morgan fingerprint density at radius 1 is 1.05 bits per heavy atom. The van der Waals surface area contributed by atoms with Crippen molar-refractivity contribution in [1.82, 2.24) is 5.32 Å². The van der Waals surface area contributed by atoms with Gasteiger partial charge in [-0.1, -0.05) is 13.8 Å². The lowest BCUT2D eigenvalue weighted by Gasteiger charge is -2.05. The SMILES string of the molecule is COCCOCCCOCc1ccc(CNCC(C)C)s1. The molecule has 0 saturated carbocycles. The van der Waals surface area contributed by atoms with Crippen molar-refractivity contribution >= 4 is 11.3 Å². The third-order valence-corrected chi connectivity index (χ3v) is 3.88. The normalized spacial score (nSPS) is 11.4. The molecule has 4 nitrogen and oxygen atoms in total. The van der Waals surface area contributed by atoms with E-state index in [4.69, 9.17) is 14.2 Å². The van der Waals surface area contributed by atoms with Gasteiger partial charge in [0.25, 0.3) is 0 Å². The van der Waals surface area contributed by atoms with Crippen LogP contribution < -0.4 is 5.32 Å². The molecule has 21 heavy (non-hydrogen) atoms. The summed E-state index contributed by atoms with van der Waals surface area (Å²) in [5, 5.41) is 3.46. The van der Waals surface area contributed by atoms with Crippen LogP contribution in [0, 0.1) is 5.92 Å². The molecule has 0 unspecified atom stereocenters. The molecule has 1 aromatic heterocycles. The van der Waals surface area contributed by atoms with Crippen molar-refractivity contribution in [1.29, 1.82) is 0 Å². The molecule has 1 rings (SSSR count). The average Bonchev–Trinajstić information content (AvgIpc) is 2.89. The maximum absolute atomic E-state index is 5.66. The highest BCUT2D eigenvalue weighted by Gasteiger charge is 2.01. The second kappa shape index (κ2) is 12.1. The molecule has 0 bridgehead atoms. The number of methoxy groups -OCH3 is 1. The van der Waals surface area contributed by atoms with Gasteiger partial charge in [0.1, 0.15) is 0 Å². The fraction of sp³-hybridized carbons (Fsp3) is 0.750. The van der Waals surface area contributed by atoms with Crippen LogP contribution in [-0.4, -0.2) is 40.1 Å². The molecule has 1 heterocycles. The fourth-order valence-corrected chi connectivity index (χ4v) is 2.68. The topological polar surface area (TPSA) is 39.7 Å². The van der Waals surface area contributed by atoms with E-state index in [-0.39, 0.29) is 0 Å². The molecule has 5 heteroatoms. The maximum atomic E-state index is 5.66. The minimum Gasteiger partial charge on any atom is -0.382 e. The summed E-state index contributed by atoms with van der Waals surface area (Å²) in [6.45, 7) is 9.96. The molecule has 0 atom stereocenters. The standard InChI is InChI=1S/C16H29NO3S/c1-14(2)11-17-12-15-5-6-16(21-15)13-20-8-4-7-19-10-9-18-3/h5-6,14,17H,4,7-13H2,1-3H3. The number of hydrogen-bond donors (Lipinski definition) is 1. The number of thiophene rings is 1. The zero-order valence-electron chi connectivity index (χ0n) is 13.5. The molecule has 0 amide bonds. The van der Waals surface area contributed by atoms with E-state index >= 15 is 0 Å². The van der Waals surface area contributed by atoms with Gasteiger partial charge in [-0.25, -0.2) is 0 Å². The van der Waals surface area contributed by atoms with Crippen molar-refractivity contribution in [2.24, 2.45) is 5.92 Å². The summed E-state index contributed by atoms with van der Waals surface area (Å²) in [5.74, 6) is 0.693. The van der Waals surface area contributed by atoms with Gasteiger partial charge in [-0.05, 0) is 31.0 Å². The third-order valence-electron chi connectivity index (χ3n) is 2.82. The van der Waals surface area contributed by atoms with Crippen LogP contribution in [0.2, 0.25) is 0 Å². The number of hydrogen-bond acceptors (Lipinski definition) is 5. The van der Waals surface area contributed by atoms with Crippen LogP contribution in [0.4, 0.5) is 0 Å². The Morgan fingerprint density at radius 2 is 1.81 bits per heavy atom. The zero-order valence-corrected chi connectivity index (χ0v) is 14.3. The van der Waals surface area contributed by atoms with E-state index in [2.05, 4.69) is 31.3 Å². The van der Waals surface area contributed by atoms with Gasteiger partial charge >= 0.3 is 0 Å². The van der Waals surface area contributed by atoms with E-state index < -0.39 is 0 Å². The van der Waals surface area contributed by atoms with Gasteiger partial charge in [-0.2, -0.15) is 0 Å². The molecule has 0 aliphatic rings. The molecule has 0 aliphatic heterocycles. The van der Waals surface area contributed by atoms with Crippen molar-refractivity contribution in [3.63, 3.8) is 0 Å². The monoisotopic (exact) mass is 315 g/mol. The highest BCUT2D eigenvalue weighted by molar-refractivity contribution is 7.11. The Balaban J connectivity index is 2.01. The highest BCUT2D eigenvalue weighted by atomic mass is 32.1. The summed E-state index contributed by atoms with van der Waals surface area (Å²) in [7, 11) is 1.68. The number of rotatable bonds is 13. The Morgan fingerprint density at radius 3 is 2.57 bits per heavy atom. The molecule has 0 fully saturated rings. The molecule has 0 aromatic carbocycles. The molecule has 0 saturated heterocycles. The molecule has 1 aromatic rings. The van der Waals surface area contributed by atoms with Gasteiger partial charge < -0.3 is 19.5 Å². The lowest BCUT2D eigenvalue weighted by atomic mass is 10.2. The largest absolute Gasteiger partial charge is 0.382 e. The Hall–Kier alpha value is -0.460. The maximum Gasteiger partial charge on any atom is 0.0809 e. The molecule has 0 radical (unpaired) electrons. The zero-order chi connectivity index (χ0) is 15.3. The van der Waals surface area contributed by atoms with E-state index in [1.165, 1.54) is 9.75 Å². The Kier molecular flexibility index (Phi) is 10.7. The summed E-state index contributed by atoms with van der Waals surface area (Å²) >= 11 is 1.82. The predicted octanol–water partition coefficient (Wildman–Crippen LogP) is 3.06. The van der Waals surface area contributed by atoms with Crippen LogP contribution in [0.1, 0.15) is 30.0 Å². The van der Waals surface area contributed by atoms with E-state index in [9.17, 15) is 0 Å². The molecular weight excluding hydrogens is 286 g/mol. The van der Waals surface area contributed by atoms with Gasteiger partial charge in [-0.3, -0.25) is 0 Å². The minimum atomic E-state index is 0.656. The second-order valence-electron chi connectivity index (χ2n) is 5.40. The van der Waals surface area contributed by atoms with Crippen LogP contribution in [0.15, 0.2) is 12.1 Å². The van der Waals surface area contributed by atoms with E-state index in [1.54, 1.807) is 7.11 Å². The smallest absolute Gasteiger partial charge is 0.0809 e. The second-order valence-corrected chi connectivity index (χ2v) is 6.66. The minimum absolute atomic E-state index is 0.656. The van der Waals surface area contributed by atoms with Crippen LogP contribution in [0.25, 0.3) is 0 Å². The van der Waals surface area contributed by atoms with Crippen molar-refractivity contribution in [2.75, 3.05) is 40.1 Å². The van der Waals surface area contributed by atoms with Crippen molar-refractivity contribution in [3.05, 3.63) is 21.9 Å². The average molecular weight is 315 g/mol. The molecular formula is C16H29NO3S. The lowest BCUT2D eigenvalue weighted by Crippen LogP contribution is -2.18. The first-order valence-corrected chi connectivity index (χ1v) is 8.46. The Labute approximate surface area is 132 Å². The van der Waals surface area contributed by atoms with Crippen molar-refractivity contribution in [3.8, 4) is 0 Å². The van der Waals surface area contributed by atoms with Gasteiger partial charge in [-0.15, -0.1) is 11.3 Å². The third kappa shape index (κ3) is 9.98. The van der Waals surface area contributed by atoms with Gasteiger partial charge in [0, 0.05) is 36.6 Å². The van der Waals surface area contributed by atoms with Crippen LogP contribution in [-0.2, 0) is 27.4 Å². The quantitative estimate of drug-likeness (QED) is 0.568.